The fourth-order valence-electron chi connectivity index (χ4n) is 3.64. The summed E-state index contributed by atoms with van der Waals surface area (Å²) in [6, 6.07) is 0. The number of nitrogens with zero attached hydrogens (tertiary/aromatic N) is 2. The maximum absolute atomic E-state index is 3.77. The molecule has 0 aromatic heterocycles. The summed E-state index contributed by atoms with van der Waals surface area (Å²) in [5.41, 5.74) is 0.443. The molecule has 1 atom stereocenters. The Morgan fingerprint density at radius 2 is 1.83 bits per heavy atom. The number of hydrogen-bond donors (Lipinski definition) is 1. The average molecular weight is 251 g/mol. The van der Waals surface area contributed by atoms with E-state index < -0.39 is 0 Å². The Morgan fingerprint density at radius 1 is 1.11 bits per heavy atom. The van der Waals surface area contributed by atoms with E-state index in [1.165, 1.54) is 77.9 Å². The zero-order valence-electron chi connectivity index (χ0n) is 12.0. The molecule has 0 amide bonds. The van der Waals surface area contributed by atoms with Crippen molar-refractivity contribution in [2.75, 3.05) is 45.8 Å². The van der Waals surface area contributed by atoms with Crippen LogP contribution in [0, 0.1) is 5.92 Å². The van der Waals surface area contributed by atoms with Gasteiger partial charge in [0.05, 0.1) is 0 Å². The molecule has 18 heavy (non-hydrogen) atoms. The molecule has 2 heterocycles. The highest BCUT2D eigenvalue weighted by atomic mass is 15.3. The van der Waals surface area contributed by atoms with E-state index in [1.54, 1.807) is 0 Å². The van der Waals surface area contributed by atoms with Crippen molar-refractivity contribution in [3.8, 4) is 0 Å². The van der Waals surface area contributed by atoms with E-state index in [1.807, 2.05) is 0 Å². The second-order valence-electron chi connectivity index (χ2n) is 6.68. The summed E-state index contributed by atoms with van der Waals surface area (Å²) in [6.45, 7) is 11.4. The Kier molecular flexibility index (Phi) is 3.92. The second-order valence-corrected chi connectivity index (χ2v) is 6.68. The van der Waals surface area contributed by atoms with Crippen molar-refractivity contribution in [1.82, 2.24) is 15.1 Å². The Labute approximate surface area is 112 Å². The van der Waals surface area contributed by atoms with Gasteiger partial charge in [0.15, 0.2) is 0 Å². The maximum Gasteiger partial charge on any atom is 0.0306 e. The van der Waals surface area contributed by atoms with Crippen LogP contribution in [0.2, 0.25) is 0 Å². The lowest BCUT2D eigenvalue weighted by molar-refractivity contribution is 0.101. The number of piperazine rings is 1. The SMILES string of the molecule is CCC1(CN2CCN(CC3CC3)CC2)CCCN1. The highest BCUT2D eigenvalue weighted by Gasteiger charge is 2.34. The molecule has 1 saturated carbocycles. The van der Waals surface area contributed by atoms with Crippen LogP contribution in [0.3, 0.4) is 0 Å². The van der Waals surface area contributed by atoms with E-state index in [0.717, 1.165) is 5.92 Å². The predicted molar refractivity (Wildman–Crippen MR) is 75.9 cm³/mol. The van der Waals surface area contributed by atoms with Gasteiger partial charge in [-0.05, 0) is 44.6 Å². The molecule has 3 aliphatic rings. The van der Waals surface area contributed by atoms with Crippen LogP contribution >= 0.6 is 0 Å². The summed E-state index contributed by atoms with van der Waals surface area (Å²) in [5.74, 6) is 1.05. The van der Waals surface area contributed by atoms with Crippen molar-refractivity contribution in [2.45, 2.75) is 44.6 Å². The van der Waals surface area contributed by atoms with Gasteiger partial charge >= 0.3 is 0 Å². The van der Waals surface area contributed by atoms with Crippen LogP contribution in [-0.2, 0) is 0 Å². The molecule has 1 N–H and O–H groups in total. The summed E-state index contributed by atoms with van der Waals surface area (Å²) >= 11 is 0. The van der Waals surface area contributed by atoms with Crippen LogP contribution in [0.1, 0.15) is 39.0 Å². The third-order valence-electron chi connectivity index (χ3n) is 5.21. The summed E-state index contributed by atoms with van der Waals surface area (Å²) in [5, 5.41) is 3.77. The Hall–Kier alpha value is -0.120. The van der Waals surface area contributed by atoms with Gasteiger partial charge in [-0.15, -0.1) is 0 Å². The quantitative estimate of drug-likeness (QED) is 0.800. The van der Waals surface area contributed by atoms with Gasteiger partial charge in [-0.3, -0.25) is 4.90 Å². The monoisotopic (exact) mass is 251 g/mol. The molecular formula is C15H29N3. The van der Waals surface area contributed by atoms with Crippen molar-refractivity contribution in [2.24, 2.45) is 5.92 Å². The van der Waals surface area contributed by atoms with Crippen molar-refractivity contribution in [3.63, 3.8) is 0 Å². The summed E-state index contributed by atoms with van der Waals surface area (Å²) in [4.78, 5) is 5.39. The summed E-state index contributed by atoms with van der Waals surface area (Å²) in [7, 11) is 0. The molecule has 3 rings (SSSR count). The molecule has 1 unspecified atom stereocenters. The highest BCUT2D eigenvalue weighted by Crippen LogP contribution is 2.30. The normalized spacial score (nSPS) is 35.2. The van der Waals surface area contributed by atoms with Crippen molar-refractivity contribution in [3.05, 3.63) is 0 Å². The van der Waals surface area contributed by atoms with Crippen LogP contribution in [0.5, 0.6) is 0 Å². The number of hydrogen-bond acceptors (Lipinski definition) is 3. The number of rotatable bonds is 5. The van der Waals surface area contributed by atoms with E-state index >= 15 is 0 Å². The molecule has 104 valence electrons. The zero-order chi connectivity index (χ0) is 12.4. The van der Waals surface area contributed by atoms with Crippen LogP contribution in [0.25, 0.3) is 0 Å². The predicted octanol–water partition coefficient (Wildman–Crippen LogP) is 1.55. The van der Waals surface area contributed by atoms with E-state index in [4.69, 9.17) is 0 Å². The summed E-state index contributed by atoms with van der Waals surface area (Å²) in [6.07, 6.45) is 7.02. The van der Waals surface area contributed by atoms with E-state index in [0.29, 0.717) is 5.54 Å². The van der Waals surface area contributed by atoms with Gasteiger partial charge in [0.2, 0.25) is 0 Å². The molecule has 2 saturated heterocycles. The van der Waals surface area contributed by atoms with Gasteiger partial charge in [-0.1, -0.05) is 6.92 Å². The second kappa shape index (κ2) is 5.48. The summed E-state index contributed by atoms with van der Waals surface area (Å²) < 4.78 is 0. The highest BCUT2D eigenvalue weighted by molar-refractivity contribution is 4.95. The van der Waals surface area contributed by atoms with Gasteiger partial charge in [0.1, 0.15) is 0 Å². The topological polar surface area (TPSA) is 18.5 Å². The van der Waals surface area contributed by atoms with Gasteiger partial charge in [-0.25, -0.2) is 0 Å². The first-order valence-electron chi connectivity index (χ1n) is 7.99. The molecule has 1 aliphatic carbocycles. The molecule has 2 aliphatic heterocycles. The lowest BCUT2D eigenvalue weighted by Gasteiger charge is -2.40. The molecule has 0 bridgehead atoms. The van der Waals surface area contributed by atoms with Gasteiger partial charge in [0.25, 0.3) is 0 Å². The average Bonchev–Trinajstić information content (AvgIpc) is 3.09. The molecule has 3 fully saturated rings. The minimum absolute atomic E-state index is 0.443. The lowest BCUT2D eigenvalue weighted by Crippen LogP contribution is -2.55. The first-order valence-corrected chi connectivity index (χ1v) is 7.99. The van der Waals surface area contributed by atoms with Gasteiger partial charge in [-0.2, -0.15) is 0 Å². The first kappa shape index (κ1) is 12.9. The van der Waals surface area contributed by atoms with Gasteiger partial charge in [0, 0.05) is 44.8 Å². The lowest BCUT2D eigenvalue weighted by atomic mass is 9.93. The van der Waals surface area contributed by atoms with E-state index in [9.17, 15) is 0 Å². The fraction of sp³-hybridized carbons (Fsp3) is 1.00. The Morgan fingerprint density at radius 3 is 2.39 bits per heavy atom. The standard InChI is InChI=1S/C15H29N3/c1-2-15(6-3-7-16-15)13-18-10-8-17(9-11-18)12-14-4-5-14/h14,16H,2-13H2,1H3. The minimum Gasteiger partial charge on any atom is -0.310 e. The maximum atomic E-state index is 3.77. The molecule has 3 nitrogen and oxygen atoms in total. The van der Waals surface area contributed by atoms with Crippen molar-refractivity contribution in [1.29, 1.82) is 0 Å². The van der Waals surface area contributed by atoms with Gasteiger partial charge < -0.3 is 10.2 Å². The molecule has 0 spiro atoms. The van der Waals surface area contributed by atoms with Crippen molar-refractivity contribution >= 4 is 0 Å². The van der Waals surface area contributed by atoms with E-state index in [2.05, 4.69) is 22.0 Å². The molecule has 3 heteroatoms. The third-order valence-corrected chi connectivity index (χ3v) is 5.21. The minimum atomic E-state index is 0.443. The Bertz CT molecular complexity index is 261. The van der Waals surface area contributed by atoms with Crippen LogP contribution in [-0.4, -0.2) is 61.2 Å². The number of nitrogens with one attached hydrogen (secondary N) is 1. The molecule has 0 aromatic rings. The van der Waals surface area contributed by atoms with Crippen LogP contribution < -0.4 is 5.32 Å². The van der Waals surface area contributed by atoms with Crippen molar-refractivity contribution < 1.29 is 0 Å². The third kappa shape index (κ3) is 3.06. The zero-order valence-corrected chi connectivity index (χ0v) is 12.0. The van der Waals surface area contributed by atoms with E-state index in [-0.39, 0.29) is 0 Å². The fourth-order valence-corrected chi connectivity index (χ4v) is 3.64. The largest absolute Gasteiger partial charge is 0.310 e. The van der Waals surface area contributed by atoms with Crippen LogP contribution in [0.4, 0.5) is 0 Å². The smallest absolute Gasteiger partial charge is 0.0306 e. The molecular weight excluding hydrogens is 222 g/mol. The Balaban J connectivity index is 1.44. The molecule has 0 aromatic carbocycles. The van der Waals surface area contributed by atoms with Crippen LogP contribution in [0.15, 0.2) is 0 Å². The first-order chi connectivity index (χ1) is 8.80. The molecule has 0 radical (unpaired) electrons.